The van der Waals surface area contributed by atoms with Gasteiger partial charge in [0.25, 0.3) is 0 Å². The molecule has 1 rings (SSSR count). The Morgan fingerprint density at radius 1 is 1.26 bits per heavy atom. The summed E-state index contributed by atoms with van der Waals surface area (Å²) in [5.41, 5.74) is 0.127. The Labute approximate surface area is 118 Å². The summed E-state index contributed by atoms with van der Waals surface area (Å²) in [6.07, 6.45) is 8.83. The van der Waals surface area contributed by atoms with Gasteiger partial charge in [-0.25, -0.2) is 0 Å². The van der Waals surface area contributed by atoms with Gasteiger partial charge in [0.05, 0.1) is 0 Å². The van der Waals surface area contributed by atoms with Crippen molar-refractivity contribution in [1.29, 1.82) is 0 Å². The van der Waals surface area contributed by atoms with E-state index in [1.165, 1.54) is 32.1 Å². The maximum absolute atomic E-state index is 10.6. The summed E-state index contributed by atoms with van der Waals surface area (Å²) in [4.78, 5) is 10.6. The summed E-state index contributed by atoms with van der Waals surface area (Å²) in [6.45, 7) is 7.67. The van der Waals surface area contributed by atoms with Gasteiger partial charge in [0, 0.05) is 12.5 Å². The van der Waals surface area contributed by atoms with E-state index in [1.54, 1.807) is 0 Å². The lowest BCUT2D eigenvalue weighted by molar-refractivity contribution is -0.137. The summed E-state index contributed by atoms with van der Waals surface area (Å²) in [7, 11) is 0. The zero-order chi connectivity index (χ0) is 14.3. The number of carboxylic acid groups (broad SMARTS) is 1. The fourth-order valence-corrected chi connectivity index (χ4v) is 3.13. The summed E-state index contributed by atoms with van der Waals surface area (Å²) in [5.74, 6) is 0.162. The van der Waals surface area contributed by atoms with Crippen LogP contribution < -0.4 is 5.32 Å². The van der Waals surface area contributed by atoms with Crippen LogP contribution >= 0.6 is 0 Å². The third-order valence-electron chi connectivity index (χ3n) is 4.66. The Kier molecular flexibility index (Phi) is 6.84. The largest absolute Gasteiger partial charge is 0.481 e. The van der Waals surface area contributed by atoms with Crippen molar-refractivity contribution in [2.24, 2.45) is 11.3 Å². The Morgan fingerprint density at radius 3 is 2.58 bits per heavy atom. The van der Waals surface area contributed by atoms with E-state index in [2.05, 4.69) is 26.1 Å². The van der Waals surface area contributed by atoms with E-state index in [0.717, 1.165) is 25.3 Å². The topological polar surface area (TPSA) is 49.3 Å². The van der Waals surface area contributed by atoms with Gasteiger partial charge in [-0.3, -0.25) is 4.79 Å². The van der Waals surface area contributed by atoms with Crippen molar-refractivity contribution in [2.75, 3.05) is 6.54 Å². The Hall–Kier alpha value is -0.570. The van der Waals surface area contributed by atoms with Gasteiger partial charge in [0.15, 0.2) is 0 Å². The Balaban J connectivity index is 2.25. The van der Waals surface area contributed by atoms with Crippen molar-refractivity contribution >= 4 is 5.97 Å². The highest BCUT2D eigenvalue weighted by Crippen LogP contribution is 2.29. The molecule has 0 radical (unpaired) electrons. The molecule has 0 aromatic heterocycles. The minimum atomic E-state index is -0.681. The SMILES string of the molecule is CCC1CCCCC1NCCC(C)(C)CCC(=O)O. The lowest BCUT2D eigenvalue weighted by atomic mass is 9.81. The Bertz CT molecular complexity index is 276. The molecule has 0 aromatic carbocycles. The van der Waals surface area contributed by atoms with Crippen molar-refractivity contribution < 1.29 is 9.90 Å². The average molecular weight is 269 g/mol. The summed E-state index contributed by atoms with van der Waals surface area (Å²) >= 11 is 0. The molecule has 0 heterocycles. The smallest absolute Gasteiger partial charge is 0.303 e. The van der Waals surface area contributed by atoms with Crippen molar-refractivity contribution in [3.8, 4) is 0 Å². The molecule has 1 fully saturated rings. The minimum absolute atomic E-state index is 0.127. The van der Waals surface area contributed by atoms with E-state index in [4.69, 9.17) is 5.11 Å². The number of carbonyl (C=O) groups is 1. The predicted octanol–water partition coefficient (Wildman–Crippen LogP) is 3.83. The molecule has 3 nitrogen and oxygen atoms in total. The van der Waals surface area contributed by atoms with Crippen LogP contribution in [0.1, 0.15) is 72.1 Å². The standard InChI is InChI=1S/C16H31NO2/c1-4-13-7-5-6-8-14(13)17-12-11-16(2,3)10-9-15(18)19/h13-14,17H,4-12H2,1-3H3,(H,18,19). The summed E-state index contributed by atoms with van der Waals surface area (Å²) in [6, 6.07) is 0.689. The molecule has 2 unspecified atom stereocenters. The molecule has 112 valence electrons. The van der Waals surface area contributed by atoms with Crippen LogP contribution in [0.4, 0.5) is 0 Å². The molecule has 1 aliphatic rings. The van der Waals surface area contributed by atoms with Crippen LogP contribution in [0.2, 0.25) is 0 Å². The van der Waals surface area contributed by atoms with Crippen LogP contribution in [0.25, 0.3) is 0 Å². The third kappa shape index (κ3) is 6.42. The molecule has 0 amide bonds. The first kappa shape index (κ1) is 16.5. The number of nitrogens with one attached hydrogen (secondary N) is 1. The second kappa shape index (κ2) is 7.88. The fourth-order valence-electron chi connectivity index (χ4n) is 3.13. The van der Waals surface area contributed by atoms with Gasteiger partial charge in [-0.1, -0.05) is 40.0 Å². The second-order valence-corrected chi connectivity index (χ2v) is 6.82. The van der Waals surface area contributed by atoms with Crippen molar-refractivity contribution in [3.63, 3.8) is 0 Å². The van der Waals surface area contributed by atoms with Crippen molar-refractivity contribution in [2.45, 2.75) is 78.2 Å². The van der Waals surface area contributed by atoms with E-state index in [9.17, 15) is 4.79 Å². The van der Waals surface area contributed by atoms with Gasteiger partial charge in [-0.05, 0) is 43.6 Å². The van der Waals surface area contributed by atoms with Gasteiger partial charge < -0.3 is 10.4 Å². The highest BCUT2D eigenvalue weighted by Gasteiger charge is 2.24. The fraction of sp³-hybridized carbons (Fsp3) is 0.938. The van der Waals surface area contributed by atoms with Gasteiger partial charge in [0.1, 0.15) is 0 Å². The van der Waals surface area contributed by atoms with Crippen LogP contribution in [0.3, 0.4) is 0 Å². The quantitative estimate of drug-likeness (QED) is 0.704. The van der Waals surface area contributed by atoms with Crippen LogP contribution in [0, 0.1) is 11.3 Å². The first-order valence-corrected chi connectivity index (χ1v) is 7.90. The van der Waals surface area contributed by atoms with Gasteiger partial charge in [-0.15, -0.1) is 0 Å². The number of carboxylic acids is 1. The van der Waals surface area contributed by atoms with E-state index >= 15 is 0 Å². The van der Waals surface area contributed by atoms with E-state index in [-0.39, 0.29) is 11.8 Å². The first-order valence-electron chi connectivity index (χ1n) is 7.90. The van der Waals surface area contributed by atoms with Crippen LogP contribution in [0.15, 0.2) is 0 Å². The van der Waals surface area contributed by atoms with Gasteiger partial charge in [0.2, 0.25) is 0 Å². The van der Waals surface area contributed by atoms with Crippen LogP contribution in [-0.4, -0.2) is 23.7 Å². The maximum Gasteiger partial charge on any atom is 0.303 e. The summed E-state index contributed by atoms with van der Waals surface area (Å²) in [5, 5.41) is 12.5. The lowest BCUT2D eigenvalue weighted by Gasteiger charge is -2.33. The number of aliphatic carboxylic acids is 1. The molecule has 0 bridgehead atoms. The van der Waals surface area contributed by atoms with Crippen molar-refractivity contribution in [3.05, 3.63) is 0 Å². The molecule has 0 aromatic rings. The molecule has 0 aliphatic heterocycles. The zero-order valence-corrected chi connectivity index (χ0v) is 12.9. The second-order valence-electron chi connectivity index (χ2n) is 6.82. The molecule has 1 aliphatic carbocycles. The van der Waals surface area contributed by atoms with Crippen LogP contribution in [0.5, 0.6) is 0 Å². The van der Waals surface area contributed by atoms with Crippen molar-refractivity contribution in [1.82, 2.24) is 5.32 Å². The van der Waals surface area contributed by atoms with E-state index < -0.39 is 5.97 Å². The predicted molar refractivity (Wildman–Crippen MR) is 79.3 cm³/mol. The third-order valence-corrected chi connectivity index (χ3v) is 4.66. The maximum atomic E-state index is 10.6. The molecule has 0 saturated heterocycles. The monoisotopic (exact) mass is 269 g/mol. The Morgan fingerprint density at radius 2 is 1.95 bits per heavy atom. The molecule has 1 saturated carbocycles. The number of rotatable bonds is 8. The van der Waals surface area contributed by atoms with E-state index in [1.807, 2.05) is 0 Å². The zero-order valence-electron chi connectivity index (χ0n) is 12.9. The normalized spacial score (nSPS) is 24.4. The molecule has 0 spiro atoms. The lowest BCUT2D eigenvalue weighted by Crippen LogP contribution is -2.39. The van der Waals surface area contributed by atoms with Gasteiger partial charge >= 0.3 is 5.97 Å². The number of hydrogen-bond donors (Lipinski definition) is 2. The molecule has 2 N–H and O–H groups in total. The molecular formula is C16H31NO2. The van der Waals surface area contributed by atoms with E-state index in [0.29, 0.717) is 6.04 Å². The molecular weight excluding hydrogens is 238 g/mol. The van der Waals surface area contributed by atoms with Gasteiger partial charge in [-0.2, -0.15) is 0 Å². The molecule has 19 heavy (non-hydrogen) atoms. The van der Waals surface area contributed by atoms with Crippen LogP contribution in [-0.2, 0) is 4.79 Å². The highest BCUT2D eigenvalue weighted by atomic mass is 16.4. The number of hydrogen-bond acceptors (Lipinski definition) is 2. The summed E-state index contributed by atoms with van der Waals surface area (Å²) < 4.78 is 0. The molecule has 2 atom stereocenters. The first-order chi connectivity index (χ1) is 8.94. The highest BCUT2D eigenvalue weighted by molar-refractivity contribution is 5.66. The average Bonchev–Trinajstić information content (AvgIpc) is 2.37. The minimum Gasteiger partial charge on any atom is -0.481 e. The molecule has 3 heteroatoms.